The van der Waals surface area contributed by atoms with Crippen LogP contribution < -0.4 is 5.32 Å². The van der Waals surface area contributed by atoms with Crippen molar-refractivity contribution in [2.75, 3.05) is 5.32 Å². The maximum absolute atomic E-state index is 12.3. The van der Waals surface area contributed by atoms with E-state index in [9.17, 15) is 14.9 Å². The Labute approximate surface area is 161 Å². The molecule has 0 heterocycles. The van der Waals surface area contributed by atoms with Gasteiger partial charge in [0.05, 0.1) is 4.92 Å². The summed E-state index contributed by atoms with van der Waals surface area (Å²) >= 11 is 5.77. The SMILES string of the molecule is O=C(/C=C/Nc1ccc(Cl)c([N+](=O)[O-])c1)c1ccc(-c2ccccc2)cc1. The second kappa shape index (κ2) is 8.29. The Morgan fingerprint density at radius 1 is 0.963 bits per heavy atom. The van der Waals surface area contributed by atoms with Crippen LogP contribution in [0, 0.1) is 10.1 Å². The highest BCUT2D eigenvalue weighted by atomic mass is 35.5. The first-order valence-electron chi connectivity index (χ1n) is 8.11. The maximum atomic E-state index is 12.3. The van der Waals surface area contributed by atoms with Gasteiger partial charge in [0.1, 0.15) is 5.02 Å². The molecule has 6 heteroatoms. The van der Waals surface area contributed by atoms with Crippen LogP contribution in [0.2, 0.25) is 5.02 Å². The topological polar surface area (TPSA) is 72.2 Å². The van der Waals surface area contributed by atoms with E-state index in [1.807, 2.05) is 42.5 Å². The molecule has 0 aliphatic rings. The van der Waals surface area contributed by atoms with Crippen molar-refractivity contribution in [2.24, 2.45) is 0 Å². The standard InChI is InChI=1S/C21H15ClN2O3/c22-19-11-10-18(14-20(19)24(26)27)23-13-12-21(25)17-8-6-16(7-9-17)15-4-2-1-3-5-15/h1-14,23H/b13-12+. The Kier molecular flexibility index (Phi) is 5.64. The summed E-state index contributed by atoms with van der Waals surface area (Å²) in [5.74, 6) is -0.175. The van der Waals surface area contributed by atoms with Crippen LogP contribution in [0.25, 0.3) is 11.1 Å². The van der Waals surface area contributed by atoms with Gasteiger partial charge in [-0.3, -0.25) is 14.9 Å². The minimum atomic E-state index is -0.559. The monoisotopic (exact) mass is 378 g/mol. The minimum Gasteiger partial charge on any atom is -0.361 e. The Bertz CT molecular complexity index is 1000. The van der Waals surface area contributed by atoms with Crippen LogP contribution in [0.15, 0.2) is 85.1 Å². The van der Waals surface area contributed by atoms with E-state index in [1.165, 1.54) is 24.4 Å². The van der Waals surface area contributed by atoms with Gasteiger partial charge in [-0.05, 0) is 23.3 Å². The number of ketones is 1. The molecule has 0 fully saturated rings. The molecule has 5 nitrogen and oxygen atoms in total. The second-order valence-electron chi connectivity index (χ2n) is 5.71. The van der Waals surface area contributed by atoms with Crippen LogP contribution in [-0.4, -0.2) is 10.7 Å². The van der Waals surface area contributed by atoms with Crippen molar-refractivity contribution in [1.29, 1.82) is 0 Å². The lowest BCUT2D eigenvalue weighted by Crippen LogP contribution is -1.97. The van der Waals surface area contributed by atoms with Gasteiger partial charge in [-0.1, -0.05) is 66.2 Å². The van der Waals surface area contributed by atoms with E-state index in [-0.39, 0.29) is 16.5 Å². The highest BCUT2D eigenvalue weighted by Gasteiger charge is 2.12. The van der Waals surface area contributed by atoms with Crippen LogP contribution >= 0.6 is 11.6 Å². The lowest BCUT2D eigenvalue weighted by molar-refractivity contribution is -0.384. The average Bonchev–Trinajstić information content (AvgIpc) is 2.69. The van der Waals surface area contributed by atoms with Gasteiger partial charge >= 0.3 is 0 Å². The summed E-state index contributed by atoms with van der Waals surface area (Å²) in [5, 5.41) is 13.8. The summed E-state index contributed by atoms with van der Waals surface area (Å²) in [4.78, 5) is 22.6. The Hall–Kier alpha value is -3.44. The molecule has 134 valence electrons. The molecule has 0 amide bonds. The van der Waals surface area contributed by atoms with E-state index in [0.29, 0.717) is 11.3 Å². The molecule has 0 spiro atoms. The van der Waals surface area contributed by atoms with Crippen molar-refractivity contribution in [3.63, 3.8) is 0 Å². The molecule has 27 heavy (non-hydrogen) atoms. The van der Waals surface area contributed by atoms with Crippen LogP contribution in [0.5, 0.6) is 0 Å². The predicted octanol–water partition coefficient (Wildman–Crippen LogP) is 5.72. The van der Waals surface area contributed by atoms with E-state index >= 15 is 0 Å². The number of rotatable bonds is 6. The lowest BCUT2D eigenvalue weighted by Gasteiger charge is -2.03. The van der Waals surface area contributed by atoms with Crippen LogP contribution in [0.1, 0.15) is 10.4 Å². The van der Waals surface area contributed by atoms with Gasteiger partial charge in [0.15, 0.2) is 5.78 Å². The van der Waals surface area contributed by atoms with Crippen molar-refractivity contribution in [3.05, 3.63) is 106 Å². The third-order valence-corrected chi connectivity index (χ3v) is 4.22. The normalized spacial score (nSPS) is 10.7. The highest BCUT2D eigenvalue weighted by molar-refractivity contribution is 6.32. The smallest absolute Gasteiger partial charge is 0.289 e. The van der Waals surface area contributed by atoms with Gasteiger partial charge in [0.25, 0.3) is 5.69 Å². The molecular formula is C21H15ClN2O3. The molecule has 0 saturated heterocycles. The highest BCUT2D eigenvalue weighted by Crippen LogP contribution is 2.27. The molecule has 3 aromatic rings. The van der Waals surface area contributed by atoms with Gasteiger partial charge in [0.2, 0.25) is 0 Å². The number of carbonyl (C=O) groups excluding carboxylic acids is 1. The third kappa shape index (κ3) is 4.59. The fourth-order valence-corrected chi connectivity index (χ4v) is 2.70. The number of allylic oxidation sites excluding steroid dienone is 1. The van der Waals surface area contributed by atoms with Gasteiger partial charge in [-0.25, -0.2) is 0 Å². The van der Waals surface area contributed by atoms with Crippen molar-refractivity contribution < 1.29 is 9.72 Å². The summed E-state index contributed by atoms with van der Waals surface area (Å²) in [6.45, 7) is 0. The molecule has 1 N–H and O–H groups in total. The fraction of sp³-hybridized carbons (Fsp3) is 0. The average molecular weight is 379 g/mol. The lowest BCUT2D eigenvalue weighted by atomic mass is 10.0. The van der Waals surface area contributed by atoms with Gasteiger partial charge in [-0.2, -0.15) is 0 Å². The number of anilines is 1. The Morgan fingerprint density at radius 3 is 2.30 bits per heavy atom. The van der Waals surface area contributed by atoms with Crippen molar-refractivity contribution >= 4 is 28.8 Å². The molecule has 0 aliphatic heterocycles. The van der Waals surface area contributed by atoms with E-state index in [1.54, 1.807) is 18.2 Å². The van der Waals surface area contributed by atoms with Gasteiger partial charge < -0.3 is 5.32 Å². The zero-order valence-electron chi connectivity index (χ0n) is 14.1. The van der Waals surface area contributed by atoms with E-state index in [4.69, 9.17) is 11.6 Å². The first-order valence-corrected chi connectivity index (χ1v) is 8.49. The Morgan fingerprint density at radius 2 is 1.63 bits per heavy atom. The number of carbonyl (C=O) groups is 1. The molecule has 3 aromatic carbocycles. The first kappa shape index (κ1) is 18.4. The second-order valence-corrected chi connectivity index (χ2v) is 6.12. The minimum absolute atomic E-state index is 0.0594. The summed E-state index contributed by atoms with van der Waals surface area (Å²) in [6.07, 6.45) is 2.82. The largest absolute Gasteiger partial charge is 0.361 e. The molecule has 0 saturated carbocycles. The van der Waals surface area contributed by atoms with Gasteiger partial charge in [-0.15, -0.1) is 0 Å². The molecule has 0 aliphatic carbocycles. The van der Waals surface area contributed by atoms with Crippen LogP contribution in [0.4, 0.5) is 11.4 Å². The summed E-state index contributed by atoms with van der Waals surface area (Å²) in [7, 11) is 0. The third-order valence-electron chi connectivity index (χ3n) is 3.90. The summed E-state index contributed by atoms with van der Waals surface area (Å²) < 4.78 is 0. The molecule has 0 radical (unpaired) electrons. The number of halogens is 1. The predicted molar refractivity (Wildman–Crippen MR) is 107 cm³/mol. The quantitative estimate of drug-likeness (QED) is 0.257. The summed E-state index contributed by atoms with van der Waals surface area (Å²) in [5.41, 5.74) is 2.93. The van der Waals surface area contributed by atoms with Crippen LogP contribution in [-0.2, 0) is 0 Å². The number of nitrogens with zero attached hydrogens (tertiary/aromatic N) is 1. The maximum Gasteiger partial charge on any atom is 0.289 e. The van der Waals surface area contributed by atoms with Crippen molar-refractivity contribution in [2.45, 2.75) is 0 Å². The Balaban J connectivity index is 1.67. The number of nitro benzene ring substituents is 1. The zero-order valence-corrected chi connectivity index (χ0v) is 14.9. The van der Waals surface area contributed by atoms with Gasteiger partial charge in [0, 0.05) is 29.6 Å². The number of nitrogens with one attached hydrogen (secondary N) is 1. The zero-order chi connectivity index (χ0) is 19.2. The van der Waals surface area contributed by atoms with E-state index < -0.39 is 4.92 Å². The number of benzene rings is 3. The van der Waals surface area contributed by atoms with E-state index in [2.05, 4.69) is 5.32 Å². The molecule has 0 bridgehead atoms. The van der Waals surface area contributed by atoms with Crippen molar-refractivity contribution in [3.8, 4) is 11.1 Å². The molecule has 3 rings (SSSR count). The van der Waals surface area contributed by atoms with Crippen LogP contribution in [0.3, 0.4) is 0 Å². The number of hydrogen-bond acceptors (Lipinski definition) is 4. The number of hydrogen-bond donors (Lipinski definition) is 1. The molecule has 0 atom stereocenters. The molecule has 0 aromatic heterocycles. The summed E-state index contributed by atoms with van der Waals surface area (Å²) in [6, 6.07) is 21.5. The number of nitro groups is 1. The molecular weight excluding hydrogens is 364 g/mol. The van der Waals surface area contributed by atoms with Crippen molar-refractivity contribution in [1.82, 2.24) is 0 Å². The fourth-order valence-electron chi connectivity index (χ4n) is 2.51. The van der Waals surface area contributed by atoms with E-state index in [0.717, 1.165) is 11.1 Å². The first-order chi connectivity index (χ1) is 13.0. The molecule has 0 unspecified atom stereocenters.